The molecule has 7 heteroatoms. The van der Waals surface area contributed by atoms with E-state index in [1.165, 1.54) is 7.11 Å². The van der Waals surface area contributed by atoms with Crippen molar-refractivity contribution in [3.63, 3.8) is 0 Å². The molecule has 1 rings (SSSR count). The number of unbranched alkanes of at least 4 members (excludes halogenated alkanes) is 3. The van der Waals surface area contributed by atoms with Crippen LogP contribution in [0.1, 0.15) is 77.6 Å². The van der Waals surface area contributed by atoms with E-state index < -0.39 is 36.1 Å². The van der Waals surface area contributed by atoms with Crippen LogP contribution in [-0.2, 0) is 19.1 Å². The van der Waals surface area contributed by atoms with Gasteiger partial charge in [-0.05, 0) is 31.6 Å². The van der Waals surface area contributed by atoms with Gasteiger partial charge in [-0.25, -0.2) is 0 Å². The highest BCUT2D eigenvalue weighted by molar-refractivity contribution is 5.86. The summed E-state index contributed by atoms with van der Waals surface area (Å²) in [6.45, 7) is 1.79. The van der Waals surface area contributed by atoms with Crippen LogP contribution >= 0.6 is 0 Å². The summed E-state index contributed by atoms with van der Waals surface area (Å²) in [5.41, 5.74) is 0. The molecule has 0 aromatic rings. The molecule has 0 aromatic carbocycles. The van der Waals surface area contributed by atoms with Crippen LogP contribution in [0.4, 0.5) is 8.78 Å². The van der Waals surface area contributed by atoms with Crippen LogP contribution in [0.3, 0.4) is 0 Å². The third-order valence-corrected chi connectivity index (χ3v) is 5.42. The second-order valence-electron chi connectivity index (χ2n) is 7.45. The fourth-order valence-electron chi connectivity index (χ4n) is 3.72. The van der Waals surface area contributed by atoms with Crippen LogP contribution in [0.2, 0.25) is 0 Å². The number of aliphatic hydroxyl groups is 1. The number of hydrogen-bond donors (Lipinski definition) is 1. The molecule has 0 spiro atoms. The average molecular weight is 390 g/mol. The van der Waals surface area contributed by atoms with Gasteiger partial charge in [0.1, 0.15) is 5.78 Å². The maximum atomic E-state index is 13.8. The predicted octanol–water partition coefficient (Wildman–Crippen LogP) is 3.85. The number of methoxy groups -OCH3 is 1. The molecule has 0 heterocycles. The van der Waals surface area contributed by atoms with E-state index in [0.29, 0.717) is 32.1 Å². The molecule has 0 saturated heterocycles. The molecule has 0 aliphatic heterocycles. The van der Waals surface area contributed by atoms with Crippen molar-refractivity contribution in [2.75, 3.05) is 7.11 Å². The quantitative estimate of drug-likeness (QED) is 0.382. The maximum Gasteiger partial charge on any atom is 0.305 e. The number of hydrogen-bond acceptors (Lipinski definition) is 5. The van der Waals surface area contributed by atoms with Gasteiger partial charge in [0.25, 0.3) is 0 Å². The summed E-state index contributed by atoms with van der Waals surface area (Å²) in [7, 11) is 1.33. The molecule has 156 valence electrons. The maximum absolute atomic E-state index is 13.8. The van der Waals surface area contributed by atoms with E-state index in [2.05, 4.69) is 4.74 Å². The normalized spacial score (nSPS) is 22.9. The molecular formula is C20H32F2O5. The van der Waals surface area contributed by atoms with Crippen LogP contribution in [0, 0.1) is 11.8 Å². The molecule has 27 heavy (non-hydrogen) atoms. The Balaban J connectivity index is 2.47. The topological polar surface area (TPSA) is 80.7 Å². The van der Waals surface area contributed by atoms with Gasteiger partial charge in [-0.15, -0.1) is 0 Å². The summed E-state index contributed by atoms with van der Waals surface area (Å²) in [6.07, 6.45) is 2.37. The van der Waals surface area contributed by atoms with Crippen molar-refractivity contribution in [3.05, 3.63) is 0 Å². The largest absolute Gasteiger partial charge is 0.469 e. The van der Waals surface area contributed by atoms with E-state index in [-0.39, 0.29) is 37.4 Å². The SMILES string of the molecule is CCCCC(F)(F)C(=O)CC[C@H]1C(O)CC(=O)C1CCCCCC(=O)OC. The minimum atomic E-state index is -3.33. The summed E-state index contributed by atoms with van der Waals surface area (Å²) >= 11 is 0. The second kappa shape index (κ2) is 11.5. The van der Waals surface area contributed by atoms with E-state index in [1.54, 1.807) is 6.92 Å². The number of rotatable bonds is 13. The standard InChI is InChI=1S/C20H32F2O5/c1-3-4-12-20(21,22)18(25)11-10-15-14(16(23)13-17(15)24)8-6-5-7-9-19(26)27-2/h14-15,17,24H,3-13H2,1-2H3/t14?,15-,17?/m1/s1. The summed E-state index contributed by atoms with van der Waals surface area (Å²) in [5.74, 6) is -5.60. The van der Waals surface area contributed by atoms with Gasteiger partial charge in [-0.1, -0.05) is 26.2 Å². The van der Waals surface area contributed by atoms with Gasteiger partial charge < -0.3 is 9.84 Å². The second-order valence-corrected chi connectivity index (χ2v) is 7.45. The zero-order chi connectivity index (χ0) is 20.4. The molecule has 0 amide bonds. The minimum absolute atomic E-state index is 0.0257. The van der Waals surface area contributed by atoms with Crippen LogP contribution in [-0.4, -0.2) is 41.8 Å². The molecule has 1 aliphatic rings. The van der Waals surface area contributed by atoms with Gasteiger partial charge in [-0.3, -0.25) is 14.4 Å². The van der Waals surface area contributed by atoms with Crippen molar-refractivity contribution in [2.24, 2.45) is 11.8 Å². The zero-order valence-corrected chi connectivity index (χ0v) is 16.3. The zero-order valence-electron chi connectivity index (χ0n) is 16.3. The molecule has 5 nitrogen and oxygen atoms in total. The smallest absolute Gasteiger partial charge is 0.305 e. The fourth-order valence-corrected chi connectivity index (χ4v) is 3.72. The third-order valence-electron chi connectivity index (χ3n) is 5.42. The Hall–Kier alpha value is -1.37. The van der Waals surface area contributed by atoms with Crippen LogP contribution in [0.15, 0.2) is 0 Å². The highest BCUT2D eigenvalue weighted by Gasteiger charge is 2.43. The first-order valence-electron chi connectivity index (χ1n) is 9.91. The Bertz CT molecular complexity index is 507. The minimum Gasteiger partial charge on any atom is -0.469 e. The summed E-state index contributed by atoms with van der Waals surface area (Å²) < 4.78 is 32.2. The van der Waals surface area contributed by atoms with Gasteiger partial charge in [0.05, 0.1) is 13.2 Å². The van der Waals surface area contributed by atoms with Crippen molar-refractivity contribution in [3.8, 4) is 0 Å². The third kappa shape index (κ3) is 7.64. The van der Waals surface area contributed by atoms with E-state index >= 15 is 0 Å². The summed E-state index contributed by atoms with van der Waals surface area (Å²) in [6, 6.07) is 0. The Morgan fingerprint density at radius 2 is 1.85 bits per heavy atom. The van der Waals surface area contributed by atoms with Crippen molar-refractivity contribution in [1.29, 1.82) is 0 Å². The highest BCUT2D eigenvalue weighted by Crippen LogP contribution is 2.37. The lowest BCUT2D eigenvalue weighted by atomic mass is 9.85. The number of halogens is 2. The molecule has 1 N–H and O–H groups in total. The Morgan fingerprint density at radius 3 is 2.48 bits per heavy atom. The lowest BCUT2D eigenvalue weighted by Gasteiger charge is -2.22. The molecule has 1 saturated carbocycles. The Morgan fingerprint density at radius 1 is 1.15 bits per heavy atom. The van der Waals surface area contributed by atoms with Gasteiger partial charge in [0.2, 0.25) is 5.78 Å². The van der Waals surface area contributed by atoms with Crippen molar-refractivity contribution in [1.82, 2.24) is 0 Å². The molecule has 1 fully saturated rings. The summed E-state index contributed by atoms with van der Waals surface area (Å²) in [5, 5.41) is 10.1. The number of carbonyl (C=O) groups excluding carboxylic acids is 3. The number of Topliss-reactive ketones (excluding diaryl/α,β-unsaturated/α-hetero) is 2. The molecular weight excluding hydrogens is 358 g/mol. The Labute approximate surface area is 159 Å². The molecule has 0 radical (unpaired) electrons. The van der Waals surface area contributed by atoms with Crippen LogP contribution < -0.4 is 0 Å². The van der Waals surface area contributed by atoms with Crippen molar-refractivity contribution in [2.45, 2.75) is 89.6 Å². The highest BCUT2D eigenvalue weighted by atomic mass is 19.3. The molecule has 2 unspecified atom stereocenters. The van der Waals surface area contributed by atoms with Crippen molar-refractivity contribution >= 4 is 17.5 Å². The lowest BCUT2D eigenvalue weighted by Crippen LogP contribution is -2.30. The number of ether oxygens (including phenoxy) is 1. The molecule has 0 bridgehead atoms. The average Bonchev–Trinajstić information content (AvgIpc) is 2.90. The number of aliphatic hydroxyl groups excluding tert-OH is 1. The lowest BCUT2D eigenvalue weighted by molar-refractivity contribution is -0.144. The molecule has 3 atom stereocenters. The van der Waals surface area contributed by atoms with Crippen LogP contribution in [0.25, 0.3) is 0 Å². The van der Waals surface area contributed by atoms with E-state index in [9.17, 15) is 28.3 Å². The fraction of sp³-hybridized carbons (Fsp3) is 0.850. The number of carbonyl (C=O) groups is 3. The van der Waals surface area contributed by atoms with E-state index in [0.717, 1.165) is 6.42 Å². The number of alkyl halides is 2. The van der Waals surface area contributed by atoms with E-state index in [1.807, 2.05) is 0 Å². The first-order valence-corrected chi connectivity index (χ1v) is 9.91. The first kappa shape index (κ1) is 23.7. The summed E-state index contributed by atoms with van der Waals surface area (Å²) in [4.78, 5) is 35.1. The number of ketones is 2. The monoisotopic (exact) mass is 390 g/mol. The first-order chi connectivity index (χ1) is 12.7. The van der Waals surface area contributed by atoms with Crippen LogP contribution in [0.5, 0.6) is 0 Å². The predicted molar refractivity (Wildman–Crippen MR) is 96.4 cm³/mol. The Kier molecular flexibility index (Phi) is 10.1. The van der Waals surface area contributed by atoms with Gasteiger partial charge in [-0.2, -0.15) is 8.78 Å². The van der Waals surface area contributed by atoms with E-state index in [4.69, 9.17) is 0 Å². The number of esters is 1. The van der Waals surface area contributed by atoms with Gasteiger partial charge in [0, 0.05) is 31.6 Å². The molecule has 1 aliphatic carbocycles. The van der Waals surface area contributed by atoms with Gasteiger partial charge in [0.15, 0.2) is 0 Å². The van der Waals surface area contributed by atoms with Crippen molar-refractivity contribution < 1.29 is 33.0 Å². The van der Waals surface area contributed by atoms with Gasteiger partial charge >= 0.3 is 11.9 Å². The molecule has 0 aromatic heterocycles.